The lowest BCUT2D eigenvalue weighted by molar-refractivity contribution is -0.123. The number of benzene rings is 3. The minimum absolute atomic E-state index is 0.110. The summed E-state index contributed by atoms with van der Waals surface area (Å²) in [5.41, 5.74) is 4.38. The van der Waals surface area contributed by atoms with Gasteiger partial charge in [0.25, 0.3) is 11.8 Å². The van der Waals surface area contributed by atoms with Crippen LogP contribution in [-0.2, 0) is 11.4 Å². The number of halogens is 2. The van der Waals surface area contributed by atoms with Crippen molar-refractivity contribution in [1.82, 2.24) is 10.7 Å². The number of amides is 2. The Kier molecular flexibility index (Phi) is 8.53. The number of hydrogen-bond acceptors (Lipinski definition) is 6. The van der Waals surface area contributed by atoms with E-state index in [1.807, 2.05) is 32.0 Å². The summed E-state index contributed by atoms with van der Waals surface area (Å²) in [6.07, 6.45) is 1.49. The molecule has 0 aromatic heterocycles. The van der Waals surface area contributed by atoms with Gasteiger partial charge in [-0.2, -0.15) is 5.10 Å². The Morgan fingerprint density at radius 3 is 2.59 bits per heavy atom. The van der Waals surface area contributed by atoms with Gasteiger partial charge in [0.2, 0.25) is 6.79 Å². The van der Waals surface area contributed by atoms with E-state index in [-0.39, 0.29) is 19.3 Å². The second-order valence-corrected chi connectivity index (χ2v) is 9.39. The van der Waals surface area contributed by atoms with Crippen LogP contribution in [0.15, 0.2) is 65.8 Å². The molecule has 10 heteroatoms. The lowest BCUT2D eigenvalue weighted by Crippen LogP contribution is -2.48. The first-order valence-electron chi connectivity index (χ1n) is 11.5. The van der Waals surface area contributed by atoms with Crippen molar-refractivity contribution in [2.24, 2.45) is 11.0 Å². The minimum Gasteiger partial charge on any atom is -0.488 e. The van der Waals surface area contributed by atoms with Crippen LogP contribution in [0.25, 0.3) is 0 Å². The minimum atomic E-state index is -0.809. The fourth-order valence-electron chi connectivity index (χ4n) is 3.54. The maximum Gasteiger partial charge on any atom is 0.262 e. The molecule has 4 rings (SSSR count). The zero-order valence-electron chi connectivity index (χ0n) is 20.2. The molecule has 2 N–H and O–H groups in total. The molecule has 2 amide bonds. The Bertz CT molecular complexity index is 1330. The third-order valence-corrected chi connectivity index (χ3v) is 6.29. The molecule has 1 aliphatic rings. The number of hydrazone groups is 1. The summed E-state index contributed by atoms with van der Waals surface area (Å²) in [5.74, 6) is 0.595. The van der Waals surface area contributed by atoms with Crippen molar-refractivity contribution in [3.63, 3.8) is 0 Å². The standard InChI is InChI=1S/C27H25Cl2N3O5/c1-16(2)25(31-26(33)18-8-10-23-24(12-18)37-15-36-23)27(34)32-30-13-19-5-3-4-6-22(19)35-14-17-7-9-20(28)21(29)11-17/h3-13,16,25H,14-15H2,1-2H3,(H,31,33)(H,32,34). The highest BCUT2D eigenvalue weighted by Crippen LogP contribution is 2.32. The molecular weight excluding hydrogens is 517 g/mol. The zero-order chi connectivity index (χ0) is 26.4. The molecule has 1 unspecified atom stereocenters. The number of ether oxygens (including phenoxy) is 3. The Morgan fingerprint density at radius 2 is 1.81 bits per heavy atom. The normalized spacial score (nSPS) is 13.0. The maximum absolute atomic E-state index is 12.8. The maximum atomic E-state index is 12.8. The SMILES string of the molecule is CC(C)C(NC(=O)c1ccc2c(c1)OCO2)C(=O)NN=Cc1ccccc1OCc1ccc(Cl)c(Cl)c1. The number of nitrogens with one attached hydrogen (secondary N) is 2. The van der Waals surface area contributed by atoms with Crippen LogP contribution in [0, 0.1) is 5.92 Å². The van der Waals surface area contributed by atoms with E-state index in [1.165, 1.54) is 6.21 Å². The highest BCUT2D eigenvalue weighted by Gasteiger charge is 2.25. The molecule has 1 aliphatic heterocycles. The van der Waals surface area contributed by atoms with Crippen LogP contribution in [0.3, 0.4) is 0 Å². The van der Waals surface area contributed by atoms with Crippen LogP contribution in [0.2, 0.25) is 10.0 Å². The van der Waals surface area contributed by atoms with Crippen LogP contribution >= 0.6 is 23.2 Å². The number of carbonyl (C=O) groups is 2. The lowest BCUT2D eigenvalue weighted by atomic mass is 10.0. The van der Waals surface area contributed by atoms with Gasteiger partial charge in [0.1, 0.15) is 18.4 Å². The van der Waals surface area contributed by atoms with Crippen LogP contribution in [-0.4, -0.2) is 30.9 Å². The van der Waals surface area contributed by atoms with E-state index in [4.69, 9.17) is 37.4 Å². The predicted octanol–water partition coefficient (Wildman–Crippen LogP) is 5.21. The first-order valence-corrected chi connectivity index (χ1v) is 12.3. The molecule has 0 aliphatic carbocycles. The van der Waals surface area contributed by atoms with Crippen molar-refractivity contribution in [2.75, 3.05) is 6.79 Å². The van der Waals surface area contributed by atoms with Crippen LogP contribution in [0.1, 0.15) is 35.3 Å². The molecule has 0 saturated heterocycles. The lowest BCUT2D eigenvalue weighted by Gasteiger charge is -2.20. The molecule has 192 valence electrons. The molecule has 8 nitrogen and oxygen atoms in total. The van der Waals surface area contributed by atoms with Crippen LogP contribution in [0.5, 0.6) is 17.2 Å². The molecule has 37 heavy (non-hydrogen) atoms. The third kappa shape index (κ3) is 6.72. The summed E-state index contributed by atoms with van der Waals surface area (Å²) in [5, 5.41) is 7.77. The van der Waals surface area contributed by atoms with Crippen molar-refractivity contribution in [1.29, 1.82) is 0 Å². The molecule has 3 aromatic rings. The average molecular weight is 542 g/mol. The fourth-order valence-corrected chi connectivity index (χ4v) is 3.86. The number of carbonyl (C=O) groups excluding carboxylic acids is 2. The monoisotopic (exact) mass is 541 g/mol. The molecule has 1 atom stereocenters. The van der Waals surface area contributed by atoms with E-state index >= 15 is 0 Å². The van der Waals surface area contributed by atoms with Crippen molar-refractivity contribution in [2.45, 2.75) is 26.5 Å². The highest BCUT2D eigenvalue weighted by molar-refractivity contribution is 6.42. The van der Waals surface area contributed by atoms with E-state index in [2.05, 4.69) is 15.8 Å². The van der Waals surface area contributed by atoms with E-state index in [0.717, 1.165) is 5.56 Å². The van der Waals surface area contributed by atoms with Crippen molar-refractivity contribution in [3.8, 4) is 17.2 Å². The number of nitrogens with zero attached hydrogens (tertiary/aromatic N) is 1. The molecule has 0 bridgehead atoms. The van der Waals surface area contributed by atoms with Crippen LogP contribution in [0.4, 0.5) is 0 Å². The fraction of sp³-hybridized carbons (Fsp3) is 0.222. The Hall–Kier alpha value is -3.75. The number of fused-ring (bicyclic) bond motifs is 1. The van der Waals surface area contributed by atoms with E-state index < -0.39 is 17.9 Å². The van der Waals surface area contributed by atoms with Gasteiger partial charge >= 0.3 is 0 Å². The summed E-state index contributed by atoms with van der Waals surface area (Å²) in [7, 11) is 0. The summed E-state index contributed by atoms with van der Waals surface area (Å²) in [6.45, 7) is 4.05. The molecular formula is C27H25Cl2N3O5. The zero-order valence-corrected chi connectivity index (χ0v) is 21.7. The quantitative estimate of drug-likeness (QED) is 0.286. The molecule has 0 spiro atoms. The van der Waals surface area contributed by atoms with Crippen molar-refractivity contribution >= 4 is 41.2 Å². The average Bonchev–Trinajstić information content (AvgIpc) is 3.36. The van der Waals surface area contributed by atoms with Gasteiger partial charge in [-0.15, -0.1) is 0 Å². The Balaban J connectivity index is 1.37. The Labute approximate surface area is 224 Å². The molecule has 0 radical (unpaired) electrons. The molecule has 3 aromatic carbocycles. The summed E-state index contributed by atoms with van der Waals surface area (Å²) in [6, 6.07) is 16.6. The molecule has 1 heterocycles. The smallest absolute Gasteiger partial charge is 0.262 e. The summed E-state index contributed by atoms with van der Waals surface area (Å²) >= 11 is 12.0. The van der Waals surface area contributed by atoms with Gasteiger partial charge in [-0.25, -0.2) is 5.43 Å². The van der Waals surface area contributed by atoms with E-state index in [1.54, 1.807) is 42.5 Å². The Morgan fingerprint density at radius 1 is 1.03 bits per heavy atom. The highest BCUT2D eigenvalue weighted by atomic mass is 35.5. The first-order chi connectivity index (χ1) is 17.8. The largest absolute Gasteiger partial charge is 0.488 e. The summed E-state index contributed by atoms with van der Waals surface area (Å²) in [4.78, 5) is 25.6. The third-order valence-electron chi connectivity index (χ3n) is 5.55. The molecule has 0 fully saturated rings. The van der Waals surface area contributed by atoms with Crippen molar-refractivity contribution in [3.05, 3.63) is 87.4 Å². The molecule has 0 saturated carbocycles. The number of para-hydroxylation sites is 1. The number of hydrogen-bond donors (Lipinski definition) is 2. The predicted molar refractivity (Wildman–Crippen MR) is 142 cm³/mol. The van der Waals surface area contributed by atoms with Crippen LogP contribution < -0.4 is 25.0 Å². The van der Waals surface area contributed by atoms with Gasteiger partial charge < -0.3 is 19.5 Å². The van der Waals surface area contributed by atoms with Gasteiger partial charge in [-0.1, -0.05) is 55.2 Å². The summed E-state index contributed by atoms with van der Waals surface area (Å²) < 4.78 is 16.5. The van der Waals surface area contributed by atoms with Gasteiger partial charge in [0, 0.05) is 11.1 Å². The second kappa shape index (κ2) is 12.0. The second-order valence-electron chi connectivity index (χ2n) is 8.57. The van der Waals surface area contributed by atoms with Crippen molar-refractivity contribution < 1.29 is 23.8 Å². The number of rotatable bonds is 9. The first kappa shape index (κ1) is 26.3. The van der Waals surface area contributed by atoms with E-state index in [9.17, 15) is 9.59 Å². The van der Waals surface area contributed by atoms with Gasteiger partial charge in [-0.05, 0) is 53.9 Å². The van der Waals surface area contributed by atoms with E-state index in [0.29, 0.717) is 38.4 Å². The van der Waals surface area contributed by atoms with Gasteiger partial charge in [0.15, 0.2) is 11.5 Å². The topological polar surface area (TPSA) is 98.2 Å². The van der Waals surface area contributed by atoms with Gasteiger partial charge in [0.05, 0.1) is 16.3 Å². The van der Waals surface area contributed by atoms with Gasteiger partial charge in [-0.3, -0.25) is 9.59 Å².